The Labute approximate surface area is 126 Å². The molecule has 108 valence electrons. The van der Waals surface area contributed by atoms with Gasteiger partial charge in [-0.05, 0) is 29.1 Å². The summed E-state index contributed by atoms with van der Waals surface area (Å²) >= 11 is 1.40. The van der Waals surface area contributed by atoms with Gasteiger partial charge in [-0.2, -0.15) is 5.26 Å². The molecule has 0 radical (unpaired) electrons. The topological polar surface area (TPSA) is 102 Å². The number of primary amides is 1. The minimum Gasteiger partial charge on any atom is -0.489 e. The zero-order valence-corrected chi connectivity index (χ0v) is 12.1. The lowest BCUT2D eigenvalue weighted by molar-refractivity contribution is -0.118. The van der Waals surface area contributed by atoms with E-state index in [2.05, 4.69) is 6.07 Å². The molecule has 1 amide bonds. The van der Waals surface area contributed by atoms with Crippen LogP contribution in [0.3, 0.4) is 0 Å². The standard InChI is InChI=1S/C15H15N3O2S/c16-8-14-11(5-6-21-14)9-20-12-3-1-10(2-4-12)13(17)7-15(18)19/h1-6,13H,7,9,17H2,(H2,18,19). The molecule has 1 unspecified atom stereocenters. The minimum absolute atomic E-state index is 0.112. The molecular weight excluding hydrogens is 286 g/mol. The molecule has 1 atom stereocenters. The Kier molecular flexibility index (Phi) is 4.93. The van der Waals surface area contributed by atoms with Crippen LogP contribution in [0.1, 0.15) is 28.5 Å². The fourth-order valence-electron chi connectivity index (χ4n) is 1.85. The van der Waals surface area contributed by atoms with Crippen LogP contribution in [-0.4, -0.2) is 5.91 Å². The van der Waals surface area contributed by atoms with Crippen molar-refractivity contribution in [2.75, 3.05) is 0 Å². The molecule has 0 bridgehead atoms. The Morgan fingerprint density at radius 1 is 1.33 bits per heavy atom. The maximum atomic E-state index is 10.8. The third kappa shape index (κ3) is 4.05. The van der Waals surface area contributed by atoms with Crippen molar-refractivity contribution in [3.05, 3.63) is 51.7 Å². The molecular formula is C15H15N3O2S. The third-order valence-electron chi connectivity index (χ3n) is 2.97. The van der Waals surface area contributed by atoms with Gasteiger partial charge in [0.1, 0.15) is 23.3 Å². The van der Waals surface area contributed by atoms with Crippen LogP contribution in [-0.2, 0) is 11.4 Å². The van der Waals surface area contributed by atoms with Crippen LogP contribution < -0.4 is 16.2 Å². The van der Waals surface area contributed by atoms with Crippen LogP contribution in [0.2, 0.25) is 0 Å². The molecule has 1 heterocycles. The number of hydrogen-bond donors (Lipinski definition) is 2. The van der Waals surface area contributed by atoms with Crippen LogP contribution in [0, 0.1) is 11.3 Å². The van der Waals surface area contributed by atoms with Gasteiger partial charge >= 0.3 is 0 Å². The molecule has 5 nitrogen and oxygen atoms in total. The number of nitrogens with two attached hydrogens (primary N) is 2. The van der Waals surface area contributed by atoms with E-state index in [-0.39, 0.29) is 6.42 Å². The van der Waals surface area contributed by atoms with Crippen LogP contribution in [0.15, 0.2) is 35.7 Å². The summed E-state index contributed by atoms with van der Waals surface area (Å²) in [5.74, 6) is 0.254. The summed E-state index contributed by atoms with van der Waals surface area (Å²) in [6, 6.07) is 10.8. The van der Waals surface area contributed by atoms with E-state index in [1.54, 1.807) is 12.1 Å². The van der Waals surface area contributed by atoms with Gasteiger partial charge in [0.25, 0.3) is 0 Å². The van der Waals surface area contributed by atoms with E-state index in [0.29, 0.717) is 17.2 Å². The molecule has 2 aromatic rings. The number of amides is 1. The molecule has 0 aliphatic heterocycles. The zero-order valence-electron chi connectivity index (χ0n) is 11.3. The molecule has 1 aromatic heterocycles. The lowest BCUT2D eigenvalue weighted by Gasteiger charge is -2.11. The number of ether oxygens (including phenoxy) is 1. The van der Waals surface area contributed by atoms with Crippen molar-refractivity contribution in [1.29, 1.82) is 5.26 Å². The SMILES string of the molecule is N#Cc1sccc1COc1ccc(C(N)CC(N)=O)cc1. The molecule has 4 N–H and O–H groups in total. The smallest absolute Gasteiger partial charge is 0.219 e. The summed E-state index contributed by atoms with van der Waals surface area (Å²) in [6.07, 6.45) is 0.112. The summed E-state index contributed by atoms with van der Waals surface area (Å²) in [5, 5.41) is 10.8. The lowest BCUT2D eigenvalue weighted by atomic mass is 10.0. The summed E-state index contributed by atoms with van der Waals surface area (Å²) < 4.78 is 5.63. The Morgan fingerprint density at radius 2 is 2.05 bits per heavy atom. The van der Waals surface area contributed by atoms with Gasteiger partial charge in [-0.3, -0.25) is 4.79 Å². The molecule has 2 rings (SSSR count). The molecule has 0 saturated carbocycles. The number of benzene rings is 1. The monoisotopic (exact) mass is 301 g/mol. The van der Waals surface area contributed by atoms with Gasteiger partial charge in [0.05, 0.1) is 0 Å². The van der Waals surface area contributed by atoms with E-state index in [1.165, 1.54) is 11.3 Å². The number of thiophene rings is 1. The first-order valence-corrected chi connectivity index (χ1v) is 7.21. The Balaban J connectivity index is 1.97. The first-order valence-electron chi connectivity index (χ1n) is 6.33. The van der Waals surface area contributed by atoms with Crippen molar-refractivity contribution in [2.24, 2.45) is 11.5 Å². The number of hydrogen-bond acceptors (Lipinski definition) is 5. The quantitative estimate of drug-likeness (QED) is 0.852. The number of carbonyl (C=O) groups excluding carboxylic acids is 1. The first kappa shape index (κ1) is 15.0. The van der Waals surface area contributed by atoms with Crippen molar-refractivity contribution in [3.63, 3.8) is 0 Å². The van der Waals surface area contributed by atoms with Gasteiger partial charge in [-0.15, -0.1) is 11.3 Å². The van der Waals surface area contributed by atoms with Crippen LogP contribution in [0.25, 0.3) is 0 Å². The minimum atomic E-state index is -0.427. The highest BCUT2D eigenvalue weighted by Gasteiger charge is 2.09. The average Bonchev–Trinajstić information content (AvgIpc) is 2.92. The van der Waals surface area contributed by atoms with Crippen LogP contribution in [0.4, 0.5) is 0 Å². The number of nitrogens with zero attached hydrogens (tertiary/aromatic N) is 1. The molecule has 21 heavy (non-hydrogen) atoms. The predicted molar refractivity (Wildman–Crippen MR) is 80.5 cm³/mol. The summed E-state index contributed by atoms with van der Waals surface area (Å²) in [5.41, 5.74) is 12.7. The van der Waals surface area contributed by atoms with Crippen molar-refractivity contribution >= 4 is 17.2 Å². The third-order valence-corrected chi connectivity index (χ3v) is 3.83. The summed E-state index contributed by atoms with van der Waals surface area (Å²) in [4.78, 5) is 11.5. The zero-order chi connectivity index (χ0) is 15.2. The summed E-state index contributed by atoms with van der Waals surface area (Å²) in [6.45, 7) is 0.346. The van der Waals surface area contributed by atoms with E-state index in [9.17, 15) is 4.79 Å². The van der Waals surface area contributed by atoms with Crippen LogP contribution >= 0.6 is 11.3 Å². The second-order valence-corrected chi connectivity index (χ2v) is 5.44. The average molecular weight is 301 g/mol. The van der Waals surface area contributed by atoms with Crippen molar-refractivity contribution in [3.8, 4) is 11.8 Å². The normalized spacial score (nSPS) is 11.6. The molecule has 0 aliphatic rings. The summed E-state index contributed by atoms with van der Waals surface area (Å²) in [7, 11) is 0. The number of rotatable bonds is 6. The molecule has 0 fully saturated rings. The molecule has 0 spiro atoms. The van der Waals surface area contributed by atoms with Gasteiger partial charge in [-0.1, -0.05) is 12.1 Å². The Morgan fingerprint density at radius 3 is 2.67 bits per heavy atom. The van der Waals surface area contributed by atoms with Gasteiger partial charge in [0.15, 0.2) is 0 Å². The maximum absolute atomic E-state index is 10.8. The highest BCUT2D eigenvalue weighted by atomic mass is 32.1. The van der Waals surface area contributed by atoms with Crippen molar-refractivity contribution < 1.29 is 9.53 Å². The van der Waals surface area contributed by atoms with Crippen molar-refractivity contribution in [2.45, 2.75) is 19.1 Å². The lowest BCUT2D eigenvalue weighted by Crippen LogP contribution is -2.20. The van der Waals surface area contributed by atoms with E-state index in [1.807, 2.05) is 23.6 Å². The highest BCUT2D eigenvalue weighted by molar-refractivity contribution is 7.10. The molecule has 0 saturated heterocycles. The number of carbonyl (C=O) groups is 1. The largest absolute Gasteiger partial charge is 0.489 e. The van der Waals surface area contributed by atoms with E-state index < -0.39 is 11.9 Å². The van der Waals surface area contributed by atoms with Gasteiger partial charge in [-0.25, -0.2) is 0 Å². The molecule has 6 heteroatoms. The fourth-order valence-corrected chi connectivity index (χ4v) is 2.55. The second-order valence-electron chi connectivity index (χ2n) is 4.52. The number of nitriles is 1. The fraction of sp³-hybridized carbons (Fsp3) is 0.200. The van der Waals surface area contributed by atoms with Crippen LogP contribution in [0.5, 0.6) is 5.75 Å². The van der Waals surface area contributed by atoms with E-state index >= 15 is 0 Å². The highest BCUT2D eigenvalue weighted by Crippen LogP contribution is 2.21. The van der Waals surface area contributed by atoms with E-state index in [0.717, 1.165) is 11.1 Å². The Bertz CT molecular complexity index is 658. The second kappa shape index (κ2) is 6.88. The van der Waals surface area contributed by atoms with Gasteiger partial charge < -0.3 is 16.2 Å². The van der Waals surface area contributed by atoms with E-state index in [4.69, 9.17) is 21.5 Å². The first-order chi connectivity index (χ1) is 10.1. The predicted octanol–water partition coefficient (Wildman–Crippen LogP) is 2.07. The molecule has 0 aliphatic carbocycles. The molecule has 1 aromatic carbocycles. The maximum Gasteiger partial charge on any atom is 0.219 e. The van der Waals surface area contributed by atoms with Crippen molar-refractivity contribution in [1.82, 2.24) is 0 Å². The van der Waals surface area contributed by atoms with Gasteiger partial charge in [0.2, 0.25) is 5.91 Å². The Hall–Kier alpha value is -2.36. The van der Waals surface area contributed by atoms with Gasteiger partial charge in [0, 0.05) is 18.0 Å².